The first-order chi connectivity index (χ1) is 11.1. The SMILES string of the molecule is C=C(C)c1ccnc(-c2ccccn2)c1.Cc1ccccc1C. The summed E-state index contributed by atoms with van der Waals surface area (Å²) >= 11 is 0. The second-order valence-corrected chi connectivity index (χ2v) is 5.51. The highest BCUT2D eigenvalue weighted by molar-refractivity contribution is 5.66. The molecule has 0 fully saturated rings. The lowest BCUT2D eigenvalue weighted by Gasteiger charge is -2.02. The molecule has 0 aliphatic heterocycles. The molecule has 0 bridgehead atoms. The topological polar surface area (TPSA) is 25.8 Å². The van der Waals surface area contributed by atoms with Gasteiger partial charge in [-0.2, -0.15) is 0 Å². The molecule has 3 rings (SSSR count). The summed E-state index contributed by atoms with van der Waals surface area (Å²) in [6.07, 6.45) is 3.55. The summed E-state index contributed by atoms with van der Waals surface area (Å²) in [5.41, 5.74) is 6.65. The van der Waals surface area contributed by atoms with E-state index >= 15 is 0 Å². The fraction of sp³-hybridized carbons (Fsp3) is 0.143. The van der Waals surface area contributed by atoms with E-state index in [2.05, 4.69) is 54.7 Å². The van der Waals surface area contributed by atoms with E-state index < -0.39 is 0 Å². The van der Waals surface area contributed by atoms with Crippen LogP contribution in [-0.2, 0) is 0 Å². The van der Waals surface area contributed by atoms with Gasteiger partial charge in [0.2, 0.25) is 0 Å². The molecule has 2 nitrogen and oxygen atoms in total. The number of pyridine rings is 2. The van der Waals surface area contributed by atoms with Gasteiger partial charge in [-0.05, 0) is 61.7 Å². The molecule has 116 valence electrons. The number of aryl methyl sites for hydroxylation is 2. The van der Waals surface area contributed by atoms with Gasteiger partial charge in [0, 0.05) is 12.4 Å². The molecular weight excluding hydrogens is 280 g/mol. The van der Waals surface area contributed by atoms with Gasteiger partial charge in [-0.25, -0.2) is 0 Å². The summed E-state index contributed by atoms with van der Waals surface area (Å²) < 4.78 is 0. The van der Waals surface area contributed by atoms with Crippen molar-refractivity contribution in [1.29, 1.82) is 0 Å². The molecule has 2 heteroatoms. The standard InChI is InChI=1S/C13H12N2.C8H10/c1-10(2)11-6-8-15-13(9-11)12-5-3-4-7-14-12;1-7-5-3-4-6-8(7)2/h3-9H,1H2,2H3;3-6H,1-2H3. The Morgan fingerprint density at radius 2 is 1.39 bits per heavy atom. The first-order valence-corrected chi connectivity index (χ1v) is 7.63. The van der Waals surface area contributed by atoms with Crippen molar-refractivity contribution in [3.63, 3.8) is 0 Å². The Hall–Kier alpha value is -2.74. The third-order valence-electron chi connectivity index (χ3n) is 3.61. The summed E-state index contributed by atoms with van der Waals surface area (Å²) in [5, 5.41) is 0. The van der Waals surface area contributed by atoms with Crippen molar-refractivity contribution in [3.8, 4) is 11.4 Å². The van der Waals surface area contributed by atoms with Crippen LogP contribution in [0.25, 0.3) is 17.0 Å². The lowest BCUT2D eigenvalue weighted by Crippen LogP contribution is -1.88. The lowest BCUT2D eigenvalue weighted by molar-refractivity contribution is 1.24. The smallest absolute Gasteiger partial charge is 0.0892 e. The maximum atomic E-state index is 4.29. The summed E-state index contributed by atoms with van der Waals surface area (Å²) in [6, 6.07) is 18.1. The summed E-state index contributed by atoms with van der Waals surface area (Å²) in [7, 11) is 0. The molecule has 2 aromatic heterocycles. The Labute approximate surface area is 138 Å². The molecular formula is C21H22N2. The van der Waals surface area contributed by atoms with E-state index in [-0.39, 0.29) is 0 Å². The van der Waals surface area contributed by atoms with Gasteiger partial charge in [0.1, 0.15) is 0 Å². The summed E-state index contributed by atoms with van der Waals surface area (Å²) in [5.74, 6) is 0. The normalized spacial score (nSPS) is 9.70. The second kappa shape index (κ2) is 8.04. The number of benzene rings is 1. The summed E-state index contributed by atoms with van der Waals surface area (Å²) in [4.78, 5) is 8.55. The van der Waals surface area contributed by atoms with Crippen LogP contribution in [0, 0.1) is 13.8 Å². The van der Waals surface area contributed by atoms with E-state index in [0.717, 1.165) is 22.5 Å². The maximum Gasteiger partial charge on any atom is 0.0892 e. The zero-order valence-electron chi connectivity index (χ0n) is 14.0. The first-order valence-electron chi connectivity index (χ1n) is 7.63. The Bertz CT molecular complexity index is 756. The average Bonchev–Trinajstić information content (AvgIpc) is 2.59. The summed E-state index contributed by atoms with van der Waals surface area (Å²) in [6.45, 7) is 10.1. The largest absolute Gasteiger partial charge is 0.255 e. The van der Waals surface area contributed by atoms with Crippen molar-refractivity contribution in [1.82, 2.24) is 9.97 Å². The fourth-order valence-corrected chi connectivity index (χ4v) is 2.01. The second-order valence-electron chi connectivity index (χ2n) is 5.51. The van der Waals surface area contributed by atoms with Crippen LogP contribution >= 0.6 is 0 Å². The van der Waals surface area contributed by atoms with Crippen molar-refractivity contribution in [2.45, 2.75) is 20.8 Å². The van der Waals surface area contributed by atoms with Gasteiger partial charge in [-0.15, -0.1) is 0 Å². The molecule has 0 aliphatic carbocycles. The van der Waals surface area contributed by atoms with Crippen molar-refractivity contribution in [2.24, 2.45) is 0 Å². The molecule has 0 atom stereocenters. The number of aromatic nitrogens is 2. The van der Waals surface area contributed by atoms with Gasteiger partial charge in [-0.1, -0.05) is 42.5 Å². The van der Waals surface area contributed by atoms with Crippen LogP contribution in [0.4, 0.5) is 0 Å². The van der Waals surface area contributed by atoms with E-state index in [1.807, 2.05) is 37.3 Å². The lowest BCUT2D eigenvalue weighted by atomic mass is 10.1. The minimum atomic E-state index is 0.885. The van der Waals surface area contributed by atoms with Crippen LogP contribution in [-0.4, -0.2) is 9.97 Å². The quantitative estimate of drug-likeness (QED) is 0.626. The predicted molar refractivity (Wildman–Crippen MR) is 98.1 cm³/mol. The number of allylic oxidation sites excluding steroid dienone is 1. The third-order valence-corrected chi connectivity index (χ3v) is 3.61. The van der Waals surface area contributed by atoms with E-state index in [1.165, 1.54) is 11.1 Å². The molecule has 0 aliphatic rings. The highest BCUT2D eigenvalue weighted by Crippen LogP contribution is 2.18. The van der Waals surface area contributed by atoms with E-state index in [9.17, 15) is 0 Å². The maximum absolute atomic E-state index is 4.29. The molecule has 0 unspecified atom stereocenters. The zero-order valence-corrected chi connectivity index (χ0v) is 14.0. The Kier molecular flexibility index (Phi) is 5.81. The Morgan fingerprint density at radius 3 is 1.91 bits per heavy atom. The Balaban J connectivity index is 0.000000203. The average molecular weight is 302 g/mol. The van der Waals surface area contributed by atoms with Crippen molar-refractivity contribution < 1.29 is 0 Å². The number of nitrogens with zero attached hydrogens (tertiary/aromatic N) is 2. The zero-order chi connectivity index (χ0) is 16.7. The van der Waals surface area contributed by atoms with Gasteiger partial charge in [0.25, 0.3) is 0 Å². The van der Waals surface area contributed by atoms with Gasteiger partial charge in [0.05, 0.1) is 11.4 Å². The molecule has 0 saturated carbocycles. The van der Waals surface area contributed by atoms with Crippen LogP contribution in [0.2, 0.25) is 0 Å². The molecule has 0 radical (unpaired) electrons. The molecule has 2 heterocycles. The fourth-order valence-electron chi connectivity index (χ4n) is 2.01. The molecule has 0 saturated heterocycles. The van der Waals surface area contributed by atoms with Gasteiger partial charge >= 0.3 is 0 Å². The molecule has 23 heavy (non-hydrogen) atoms. The van der Waals surface area contributed by atoms with Crippen LogP contribution in [0.3, 0.4) is 0 Å². The van der Waals surface area contributed by atoms with Gasteiger partial charge < -0.3 is 0 Å². The van der Waals surface area contributed by atoms with Crippen molar-refractivity contribution in [2.75, 3.05) is 0 Å². The Morgan fingerprint density at radius 1 is 0.783 bits per heavy atom. The monoisotopic (exact) mass is 302 g/mol. The minimum Gasteiger partial charge on any atom is -0.255 e. The molecule has 0 spiro atoms. The molecule has 3 aromatic rings. The first kappa shape index (κ1) is 16.6. The highest BCUT2D eigenvalue weighted by atomic mass is 14.8. The van der Waals surface area contributed by atoms with Crippen molar-refractivity contribution in [3.05, 3.63) is 90.3 Å². The van der Waals surface area contributed by atoms with Crippen molar-refractivity contribution >= 4 is 5.57 Å². The van der Waals surface area contributed by atoms with Crippen LogP contribution in [0.15, 0.2) is 73.6 Å². The van der Waals surface area contributed by atoms with E-state index in [1.54, 1.807) is 12.4 Å². The molecule has 0 N–H and O–H groups in total. The van der Waals surface area contributed by atoms with E-state index in [4.69, 9.17) is 0 Å². The van der Waals surface area contributed by atoms with Crippen LogP contribution < -0.4 is 0 Å². The highest BCUT2D eigenvalue weighted by Gasteiger charge is 2.01. The van der Waals surface area contributed by atoms with Crippen LogP contribution in [0.5, 0.6) is 0 Å². The number of hydrogen-bond acceptors (Lipinski definition) is 2. The van der Waals surface area contributed by atoms with E-state index in [0.29, 0.717) is 0 Å². The molecule has 0 amide bonds. The predicted octanol–water partition coefficient (Wildman–Crippen LogP) is 5.48. The number of hydrogen-bond donors (Lipinski definition) is 0. The third kappa shape index (κ3) is 4.89. The minimum absolute atomic E-state index is 0.885. The molecule has 1 aromatic carbocycles. The van der Waals surface area contributed by atoms with Gasteiger partial charge in [0.15, 0.2) is 0 Å². The van der Waals surface area contributed by atoms with Crippen LogP contribution in [0.1, 0.15) is 23.6 Å². The number of rotatable bonds is 2. The van der Waals surface area contributed by atoms with Gasteiger partial charge in [-0.3, -0.25) is 9.97 Å².